The number of carboxylic acids is 1. The molecule has 0 amide bonds. The van der Waals surface area contributed by atoms with Gasteiger partial charge in [-0.15, -0.1) is 0 Å². The van der Waals surface area contributed by atoms with E-state index in [0.717, 1.165) is 5.56 Å². The summed E-state index contributed by atoms with van der Waals surface area (Å²) in [5.41, 5.74) is 1.32. The van der Waals surface area contributed by atoms with E-state index in [0.29, 0.717) is 24.3 Å². The molecule has 4 heteroatoms. The Balaban J connectivity index is 2.33. The first-order chi connectivity index (χ1) is 7.59. The lowest BCUT2D eigenvalue weighted by atomic mass is 9.95. The minimum absolute atomic E-state index is 0.216. The van der Waals surface area contributed by atoms with Crippen molar-refractivity contribution < 1.29 is 19.0 Å². The number of fused-ring (bicyclic) bond motifs is 1. The summed E-state index contributed by atoms with van der Waals surface area (Å²) in [5.74, 6) is -1.14. The Bertz CT molecular complexity index is 429. The third-order valence-electron chi connectivity index (χ3n) is 2.87. The van der Waals surface area contributed by atoms with E-state index in [1.807, 2.05) is 0 Å². The topological polar surface area (TPSA) is 46.5 Å². The van der Waals surface area contributed by atoms with E-state index in [1.165, 1.54) is 6.07 Å². The molecular weight excluding hydrogens is 211 g/mol. The van der Waals surface area contributed by atoms with Gasteiger partial charge in [0.1, 0.15) is 11.6 Å². The highest BCUT2D eigenvalue weighted by molar-refractivity contribution is 5.70. The molecule has 1 aromatic carbocycles. The number of rotatable bonds is 3. The second-order valence-electron chi connectivity index (χ2n) is 4.04. The van der Waals surface area contributed by atoms with Crippen molar-refractivity contribution in [3.8, 4) is 5.75 Å². The predicted octanol–water partition coefficient (Wildman–Crippen LogP) is 2.02. The third-order valence-corrected chi connectivity index (χ3v) is 2.87. The average Bonchev–Trinajstić information content (AvgIpc) is 2.70. The molecule has 0 spiro atoms. The van der Waals surface area contributed by atoms with Crippen molar-refractivity contribution in [3.63, 3.8) is 0 Å². The van der Waals surface area contributed by atoms with Crippen LogP contribution in [0.2, 0.25) is 0 Å². The van der Waals surface area contributed by atoms with Crippen molar-refractivity contribution in [2.45, 2.75) is 19.8 Å². The second-order valence-corrected chi connectivity index (χ2v) is 4.04. The molecule has 2 rings (SSSR count). The number of carboxylic acid groups (broad SMARTS) is 1. The smallest absolute Gasteiger partial charge is 0.306 e. The van der Waals surface area contributed by atoms with Gasteiger partial charge in [0, 0.05) is 12.0 Å². The van der Waals surface area contributed by atoms with Gasteiger partial charge in [-0.25, -0.2) is 4.39 Å². The average molecular weight is 224 g/mol. The van der Waals surface area contributed by atoms with Crippen LogP contribution >= 0.6 is 0 Å². The number of halogens is 1. The fourth-order valence-corrected chi connectivity index (χ4v) is 1.93. The number of hydrogen-bond acceptors (Lipinski definition) is 2. The highest BCUT2D eigenvalue weighted by atomic mass is 19.1. The summed E-state index contributed by atoms with van der Waals surface area (Å²) < 4.78 is 18.9. The van der Waals surface area contributed by atoms with Gasteiger partial charge in [-0.2, -0.15) is 0 Å². The first kappa shape index (κ1) is 10.9. The zero-order valence-electron chi connectivity index (χ0n) is 9.00. The van der Waals surface area contributed by atoms with Gasteiger partial charge < -0.3 is 9.84 Å². The molecule has 16 heavy (non-hydrogen) atoms. The van der Waals surface area contributed by atoms with Crippen molar-refractivity contribution in [2.75, 3.05) is 6.61 Å². The van der Waals surface area contributed by atoms with Crippen LogP contribution < -0.4 is 4.74 Å². The van der Waals surface area contributed by atoms with E-state index in [1.54, 1.807) is 13.0 Å². The van der Waals surface area contributed by atoms with Crippen LogP contribution in [0.25, 0.3) is 0 Å². The lowest BCUT2D eigenvalue weighted by molar-refractivity contribution is -0.141. The van der Waals surface area contributed by atoms with Crippen LogP contribution in [0.5, 0.6) is 5.75 Å². The van der Waals surface area contributed by atoms with Gasteiger partial charge in [0.05, 0.1) is 12.5 Å². The van der Waals surface area contributed by atoms with Crippen LogP contribution in [0.1, 0.15) is 18.1 Å². The first-order valence-electron chi connectivity index (χ1n) is 5.25. The molecule has 3 nitrogen and oxygen atoms in total. The minimum atomic E-state index is -0.907. The highest BCUT2D eigenvalue weighted by Gasteiger charge is 2.22. The summed E-state index contributed by atoms with van der Waals surface area (Å²) in [6.45, 7) is 2.13. The van der Waals surface area contributed by atoms with Gasteiger partial charge >= 0.3 is 5.97 Å². The Morgan fingerprint density at radius 2 is 2.38 bits per heavy atom. The summed E-state index contributed by atoms with van der Waals surface area (Å²) in [4.78, 5) is 10.8. The number of aliphatic carboxylic acids is 1. The van der Waals surface area contributed by atoms with Crippen molar-refractivity contribution >= 4 is 5.97 Å². The standard InChI is InChI=1S/C12H13FO3/c1-7(12(14)15)6-9-8-4-5-16-11(8)3-2-10(9)13/h2-3,7H,4-6H2,1H3,(H,14,15). The van der Waals surface area contributed by atoms with Crippen LogP contribution in [-0.4, -0.2) is 17.7 Å². The molecule has 0 aliphatic carbocycles. The van der Waals surface area contributed by atoms with E-state index < -0.39 is 11.9 Å². The second kappa shape index (κ2) is 4.12. The normalized spacial score (nSPS) is 15.4. The molecule has 1 heterocycles. The molecule has 0 saturated carbocycles. The largest absolute Gasteiger partial charge is 0.493 e. The summed E-state index contributed by atoms with van der Waals surface area (Å²) in [5, 5.41) is 8.83. The van der Waals surface area contributed by atoms with Gasteiger partial charge in [-0.1, -0.05) is 6.92 Å². The molecule has 86 valence electrons. The maximum Gasteiger partial charge on any atom is 0.306 e. The molecule has 0 saturated heterocycles. The minimum Gasteiger partial charge on any atom is -0.493 e. The van der Waals surface area contributed by atoms with Crippen molar-refractivity contribution in [2.24, 2.45) is 5.92 Å². The van der Waals surface area contributed by atoms with E-state index in [-0.39, 0.29) is 12.2 Å². The molecule has 0 radical (unpaired) electrons. The van der Waals surface area contributed by atoms with Crippen LogP contribution in [0.15, 0.2) is 12.1 Å². The zero-order chi connectivity index (χ0) is 11.7. The third kappa shape index (κ3) is 1.87. The van der Waals surface area contributed by atoms with Gasteiger partial charge in [0.15, 0.2) is 0 Å². The van der Waals surface area contributed by atoms with E-state index in [9.17, 15) is 9.18 Å². The van der Waals surface area contributed by atoms with Gasteiger partial charge in [-0.3, -0.25) is 4.79 Å². The zero-order valence-corrected chi connectivity index (χ0v) is 9.00. The fourth-order valence-electron chi connectivity index (χ4n) is 1.93. The predicted molar refractivity (Wildman–Crippen MR) is 56.1 cm³/mol. The molecule has 1 aliphatic heterocycles. The van der Waals surface area contributed by atoms with Crippen LogP contribution in [0.3, 0.4) is 0 Å². The summed E-state index contributed by atoms with van der Waals surface area (Å²) in [6, 6.07) is 2.95. The number of benzene rings is 1. The van der Waals surface area contributed by atoms with Crippen molar-refractivity contribution in [1.29, 1.82) is 0 Å². The molecule has 0 bridgehead atoms. The SMILES string of the molecule is CC(Cc1c(F)ccc2c1CCO2)C(=O)O. The first-order valence-corrected chi connectivity index (χ1v) is 5.25. The highest BCUT2D eigenvalue weighted by Crippen LogP contribution is 2.31. The van der Waals surface area contributed by atoms with Crippen LogP contribution in [-0.2, 0) is 17.6 Å². The molecule has 0 aromatic heterocycles. The Morgan fingerprint density at radius 3 is 3.06 bits per heavy atom. The van der Waals surface area contributed by atoms with Crippen molar-refractivity contribution in [3.05, 3.63) is 29.1 Å². The molecule has 1 atom stereocenters. The molecule has 1 aromatic rings. The summed E-state index contributed by atoms with van der Waals surface area (Å²) in [6.07, 6.45) is 0.877. The van der Waals surface area contributed by atoms with Gasteiger partial charge in [-0.05, 0) is 24.1 Å². The molecule has 0 fully saturated rings. The van der Waals surface area contributed by atoms with Crippen molar-refractivity contribution in [1.82, 2.24) is 0 Å². The molecular formula is C12H13FO3. The lowest BCUT2D eigenvalue weighted by Crippen LogP contribution is -2.14. The lowest BCUT2D eigenvalue weighted by Gasteiger charge is -2.11. The molecule has 1 N–H and O–H groups in total. The Hall–Kier alpha value is -1.58. The van der Waals surface area contributed by atoms with Gasteiger partial charge in [0.2, 0.25) is 0 Å². The van der Waals surface area contributed by atoms with E-state index >= 15 is 0 Å². The number of carbonyl (C=O) groups is 1. The Kier molecular flexibility index (Phi) is 2.81. The molecule has 1 aliphatic rings. The van der Waals surface area contributed by atoms with E-state index in [4.69, 9.17) is 9.84 Å². The van der Waals surface area contributed by atoms with Crippen LogP contribution in [0, 0.1) is 11.7 Å². The quantitative estimate of drug-likeness (QED) is 0.854. The maximum absolute atomic E-state index is 13.6. The maximum atomic E-state index is 13.6. The fraction of sp³-hybridized carbons (Fsp3) is 0.417. The molecule has 1 unspecified atom stereocenters. The monoisotopic (exact) mass is 224 g/mol. The number of ether oxygens (including phenoxy) is 1. The van der Waals surface area contributed by atoms with Gasteiger partial charge in [0.25, 0.3) is 0 Å². The Labute approximate surface area is 92.9 Å². The van der Waals surface area contributed by atoms with E-state index in [2.05, 4.69) is 0 Å². The Morgan fingerprint density at radius 1 is 1.62 bits per heavy atom. The summed E-state index contributed by atoms with van der Waals surface area (Å²) >= 11 is 0. The summed E-state index contributed by atoms with van der Waals surface area (Å²) in [7, 11) is 0. The number of hydrogen-bond donors (Lipinski definition) is 1. The van der Waals surface area contributed by atoms with Crippen LogP contribution in [0.4, 0.5) is 4.39 Å².